The molecular formula is C19H28N2O5S. The molecule has 8 heteroatoms. The lowest BCUT2D eigenvalue weighted by Crippen LogP contribution is -2.44. The molecule has 1 fully saturated rings. The van der Waals surface area contributed by atoms with Crippen molar-refractivity contribution in [3.05, 3.63) is 29.8 Å². The summed E-state index contributed by atoms with van der Waals surface area (Å²) in [6.45, 7) is 6.54. The Hall–Kier alpha value is -1.93. The highest BCUT2D eigenvalue weighted by atomic mass is 32.2. The molecule has 0 spiro atoms. The van der Waals surface area contributed by atoms with E-state index in [9.17, 15) is 18.0 Å². The Bertz CT molecular complexity index is 766. The van der Waals surface area contributed by atoms with Gasteiger partial charge in [0.15, 0.2) is 6.61 Å². The second-order valence-corrected chi connectivity index (χ2v) is 9.52. The second-order valence-electron chi connectivity index (χ2n) is 7.48. The molecule has 1 saturated heterocycles. The predicted octanol–water partition coefficient (Wildman–Crippen LogP) is 1.66. The fraction of sp³-hybridized carbons (Fsp3) is 0.579. The molecule has 0 aromatic heterocycles. The summed E-state index contributed by atoms with van der Waals surface area (Å²) in [6, 6.07) is 6.38. The van der Waals surface area contributed by atoms with E-state index in [1.54, 1.807) is 17.0 Å². The highest BCUT2D eigenvalue weighted by Crippen LogP contribution is 2.21. The number of esters is 1. The zero-order chi connectivity index (χ0) is 20.2. The highest BCUT2D eigenvalue weighted by molar-refractivity contribution is 7.89. The van der Waals surface area contributed by atoms with Gasteiger partial charge in [0.1, 0.15) is 6.54 Å². The number of hydrogen-bond donors (Lipinski definition) is 0. The van der Waals surface area contributed by atoms with Crippen LogP contribution in [0.25, 0.3) is 0 Å². The minimum Gasteiger partial charge on any atom is -0.455 e. The molecule has 1 aromatic rings. The van der Waals surface area contributed by atoms with Crippen LogP contribution in [0.2, 0.25) is 0 Å². The van der Waals surface area contributed by atoms with Gasteiger partial charge in [-0.05, 0) is 37.3 Å². The number of rotatable bonds is 6. The van der Waals surface area contributed by atoms with Crippen LogP contribution < -0.4 is 0 Å². The molecule has 7 nitrogen and oxygen atoms in total. The minimum absolute atomic E-state index is 0.107. The molecule has 2 atom stereocenters. The topological polar surface area (TPSA) is 84.0 Å². The van der Waals surface area contributed by atoms with Gasteiger partial charge in [-0.3, -0.25) is 9.59 Å². The largest absolute Gasteiger partial charge is 0.455 e. The Morgan fingerprint density at radius 2 is 1.70 bits per heavy atom. The number of carbonyl (C=O) groups is 2. The molecule has 0 bridgehead atoms. The summed E-state index contributed by atoms with van der Waals surface area (Å²) in [4.78, 5) is 26.1. The number of nitrogens with zero attached hydrogens (tertiary/aromatic N) is 2. The second kappa shape index (κ2) is 8.84. The quantitative estimate of drug-likeness (QED) is 0.683. The molecule has 2 rings (SSSR count). The Balaban J connectivity index is 1.87. The van der Waals surface area contributed by atoms with Crippen molar-refractivity contribution in [3.63, 3.8) is 0 Å². The van der Waals surface area contributed by atoms with Crippen molar-refractivity contribution in [1.29, 1.82) is 0 Å². The summed E-state index contributed by atoms with van der Waals surface area (Å²) in [5, 5.41) is 0. The van der Waals surface area contributed by atoms with Gasteiger partial charge < -0.3 is 9.64 Å². The third-order valence-corrected chi connectivity index (χ3v) is 6.48. The Morgan fingerprint density at radius 3 is 2.26 bits per heavy atom. The van der Waals surface area contributed by atoms with Gasteiger partial charge in [-0.15, -0.1) is 0 Å². The van der Waals surface area contributed by atoms with Crippen molar-refractivity contribution in [2.45, 2.75) is 32.1 Å². The van der Waals surface area contributed by atoms with Crippen LogP contribution in [0.3, 0.4) is 0 Å². The van der Waals surface area contributed by atoms with Gasteiger partial charge in [-0.25, -0.2) is 8.42 Å². The summed E-state index contributed by atoms with van der Waals surface area (Å²) in [5.41, 5.74) is 0.941. The SMILES string of the molecule is Cc1ccc(S(=O)(=O)N(C)CC(=O)OCC(=O)N2C[C@@H](C)C[C@H](C)C2)cc1. The van der Waals surface area contributed by atoms with E-state index in [-0.39, 0.29) is 17.4 Å². The molecule has 1 aliphatic rings. The smallest absolute Gasteiger partial charge is 0.321 e. The van der Waals surface area contributed by atoms with E-state index >= 15 is 0 Å². The Kier molecular flexibility index (Phi) is 7.00. The molecule has 0 aliphatic carbocycles. The van der Waals surface area contributed by atoms with Crippen LogP contribution in [0.4, 0.5) is 0 Å². The Morgan fingerprint density at radius 1 is 1.15 bits per heavy atom. The molecule has 27 heavy (non-hydrogen) atoms. The van der Waals surface area contributed by atoms with Crippen LogP contribution in [0.1, 0.15) is 25.8 Å². The van der Waals surface area contributed by atoms with Gasteiger partial charge in [-0.1, -0.05) is 31.5 Å². The van der Waals surface area contributed by atoms with E-state index in [1.165, 1.54) is 19.2 Å². The van der Waals surface area contributed by atoms with Crippen molar-refractivity contribution in [2.75, 3.05) is 33.3 Å². The highest BCUT2D eigenvalue weighted by Gasteiger charge is 2.27. The summed E-state index contributed by atoms with van der Waals surface area (Å²) >= 11 is 0. The van der Waals surface area contributed by atoms with Crippen molar-refractivity contribution >= 4 is 21.9 Å². The molecular weight excluding hydrogens is 368 g/mol. The predicted molar refractivity (Wildman–Crippen MR) is 101 cm³/mol. The first-order valence-corrected chi connectivity index (χ1v) is 10.5. The third kappa shape index (κ3) is 5.77. The lowest BCUT2D eigenvalue weighted by molar-refractivity contribution is -0.153. The molecule has 0 unspecified atom stereocenters. The summed E-state index contributed by atoms with van der Waals surface area (Å²) in [6.07, 6.45) is 1.07. The molecule has 1 amide bonds. The molecule has 1 aliphatic heterocycles. The maximum atomic E-state index is 12.5. The molecule has 1 aromatic carbocycles. The number of hydrogen-bond acceptors (Lipinski definition) is 5. The number of likely N-dealkylation sites (tertiary alicyclic amines) is 1. The van der Waals surface area contributed by atoms with Gasteiger partial charge in [0, 0.05) is 20.1 Å². The lowest BCUT2D eigenvalue weighted by Gasteiger charge is -2.34. The number of aryl methyl sites for hydroxylation is 1. The van der Waals surface area contributed by atoms with Crippen LogP contribution in [-0.2, 0) is 24.3 Å². The summed E-state index contributed by atoms with van der Waals surface area (Å²) in [7, 11) is -2.48. The van der Waals surface area contributed by atoms with Gasteiger partial charge in [-0.2, -0.15) is 4.31 Å². The van der Waals surface area contributed by atoms with Gasteiger partial charge in [0.2, 0.25) is 10.0 Å². The van der Waals surface area contributed by atoms with Crippen molar-refractivity contribution in [2.24, 2.45) is 11.8 Å². The first kappa shape index (κ1) is 21.4. The van der Waals surface area contributed by atoms with E-state index < -0.39 is 22.5 Å². The van der Waals surface area contributed by atoms with E-state index in [0.717, 1.165) is 16.3 Å². The van der Waals surface area contributed by atoms with Gasteiger partial charge in [0.05, 0.1) is 4.90 Å². The first-order valence-electron chi connectivity index (χ1n) is 9.06. The van der Waals surface area contributed by atoms with Crippen molar-refractivity contribution in [3.8, 4) is 0 Å². The maximum Gasteiger partial charge on any atom is 0.321 e. The van der Waals surface area contributed by atoms with Crippen LogP contribution in [0.5, 0.6) is 0 Å². The summed E-state index contributed by atoms with van der Waals surface area (Å²) < 4.78 is 30.9. The number of amides is 1. The fourth-order valence-corrected chi connectivity index (χ4v) is 4.42. The van der Waals surface area contributed by atoms with E-state index in [2.05, 4.69) is 13.8 Å². The van der Waals surface area contributed by atoms with E-state index in [1.807, 2.05) is 6.92 Å². The van der Waals surface area contributed by atoms with Gasteiger partial charge >= 0.3 is 5.97 Å². The number of likely N-dealkylation sites (N-methyl/N-ethyl adjacent to an activating group) is 1. The van der Waals surface area contributed by atoms with E-state index in [4.69, 9.17) is 4.74 Å². The third-order valence-electron chi connectivity index (χ3n) is 4.66. The number of sulfonamides is 1. The monoisotopic (exact) mass is 396 g/mol. The van der Waals surface area contributed by atoms with Crippen LogP contribution in [0, 0.1) is 18.8 Å². The fourth-order valence-electron chi connectivity index (χ4n) is 3.30. The van der Waals surface area contributed by atoms with E-state index in [0.29, 0.717) is 24.9 Å². The average Bonchev–Trinajstić information content (AvgIpc) is 2.59. The number of benzene rings is 1. The number of piperidine rings is 1. The molecule has 0 radical (unpaired) electrons. The number of ether oxygens (including phenoxy) is 1. The zero-order valence-corrected chi connectivity index (χ0v) is 17.2. The van der Waals surface area contributed by atoms with Crippen LogP contribution >= 0.6 is 0 Å². The van der Waals surface area contributed by atoms with Gasteiger partial charge in [0.25, 0.3) is 5.91 Å². The lowest BCUT2D eigenvalue weighted by atomic mass is 9.92. The summed E-state index contributed by atoms with van der Waals surface area (Å²) in [5.74, 6) is -0.163. The zero-order valence-electron chi connectivity index (χ0n) is 16.3. The molecule has 150 valence electrons. The standard InChI is InChI=1S/C19H28N2O5S/c1-14-5-7-17(8-6-14)27(24,25)20(4)12-19(23)26-13-18(22)21-10-15(2)9-16(3)11-21/h5-8,15-16H,9-13H2,1-4H3/t15-,16-/m0/s1. The van der Waals surface area contributed by atoms with Crippen LogP contribution in [-0.4, -0.2) is 62.8 Å². The van der Waals surface area contributed by atoms with Crippen LogP contribution in [0.15, 0.2) is 29.2 Å². The molecule has 0 saturated carbocycles. The number of carbonyl (C=O) groups excluding carboxylic acids is 2. The first-order chi connectivity index (χ1) is 12.6. The normalized spacial score (nSPS) is 20.6. The van der Waals surface area contributed by atoms with Crippen molar-refractivity contribution < 1.29 is 22.7 Å². The maximum absolute atomic E-state index is 12.5. The minimum atomic E-state index is -3.79. The molecule has 1 heterocycles. The van der Waals surface area contributed by atoms with Crippen molar-refractivity contribution in [1.82, 2.24) is 9.21 Å². The Labute approximate surface area is 161 Å². The average molecular weight is 397 g/mol. The molecule has 0 N–H and O–H groups in total.